The first-order valence-corrected chi connectivity index (χ1v) is 12.3. The van der Waals surface area contributed by atoms with Crippen LogP contribution in [0.3, 0.4) is 0 Å². The molecule has 0 saturated heterocycles. The van der Waals surface area contributed by atoms with Crippen molar-refractivity contribution in [2.45, 2.75) is 41.1 Å². The zero-order valence-electron chi connectivity index (χ0n) is 18.3. The summed E-state index contributed by atoms with van der Waals surface area (Å²) in [5.41, 5.74) is -2.58. The van der Waals surface area contributed by atoms with Gasteiger partial charge in [-0.25, -0.2) is 0 Å². The Labute approximate surface area is 205 Å². The molecular formula is C26H16F6OS2. The van der Waals surface area contributed by atoms with E-state index in [4.69, 9.17) is 0 Å². The van der Waals surface area contributed by atoms with Crippen LogP contribution in [0.4, 0.5) is 26.3 Å². The van der Waals surface area contributed by atoms with Crippen molar-refractivity contribution in [3.8, 4) is 0 Å². The lowest BCUT2D eigenvalue weighted by Crippen LogP contribution is -2.48. The van der Waals surface area contributed by atoms with E-state index in [1.54, 1.807) is 26.0 Å². The van der Waals surface area contributed by atoms with E-state index in [-0.39, 0.29) is 16.1 Å². The van der Waals surface area contributed by atoms with E-state index in [1.165, 1.54) is 17.8 Å². The number of rotatable bonds is 2. The lowest BCUT2D eigenvalue weighted by molar-refractivity contribution is -0.258. The van der Waals surface area contributed by atoms with Crippen molar-refractivity contribution in [3.63, 3.8) is 0 Å². The molecule has 2 aromatic carbocycles. The molecular weight excluding hydrogens is 506 g/mol. The second kappa shape index (κ2) is 6.68. The van der Waals surface area contributed by atoms with Crippen LogP contribution in [0.25, 0.3) is 15.7 Å². The van der Waals surface area contributed by atoms with Gasteiger partial charge in [0.1, 0.15) is 0 Å². The molecule has 0 N–H and O–H groups in total. The Bertz CT molecular complexity index is 1480. The molecule has 2 atom stereocenters. The van der Waals surface area contributed by atoms with Crippen molar-refractivity contribution in [2.75, 3.05) is 0 Å². The summed E-state index contributed by atoms with van der Waals surface area (Å²) in [7, 11) is 0. The van der Waals surface area contributed by atoms with E-state index < -0.39 is 38.4 Å². The number of fused-ring (bicyclic) bond motifs is 5. The third kappa shape index (κ3) is 2.48. The molecule has 1 saturated carbocycles. The maximum absolute atomic E-state index is 15.2. The molecule has 2 heterocycles. The molecule has 0 spiro atoms. The molecule has 2 aliphatic carbocycles. The fourth-order valence-electron chi connectivity index (χ4n) is 5.57. The quantitative estimate of drug-likeness (QED) is 0.296. The zero-order chi connectivity index (χ0) is 25.2. The van der Waals surface area contributed by atoms with Crippen LogP contribution in [0.1, 0.15) is 19.4 Å². The van der Waals surface area contributed by atoms with E-state index >= 15 is 17.6 Å². The number of carbonyl (C=O) groups excluding carboxylic acids is 1. The predicted molar refractivity (Wildman–Crippen MR) is 127 cm³/mol. The molecule has 1 fully saturated rings. The SMILES string of the molecule is CC12SC(C=O)=CC1=C1C(=C3C=C(c4cccc5ccccc45)SC32C)C(F)(F)C(F)(F)C1(F)F. The standard InChI is InChI=1S/C26H16F6OS2/c1-22-17(10-14(12-33)34-22)20-21(25(29,30)26(31,32)24(20,27)28)18-11-19(35-23(18,22)2)16-9-5-7-13-6-3-4-8-15(13)16/h3-12H,1-2H3. The molecule has 2 aliphatic heterocycles. The van der Waals surface area contributed by atoms with Gasteiger partial charge in [0.2, 0.25) is 0 Å². The van der Waals surface area contributed by atoms with Gasteiger partial charge in [-0.2, -0.15) is 26.3 Å². The lowest BCUT2D eigenvalue weighted by Gasteiger charge is -2.47. The van der Waals surface area contributed by atoms with E-state index in [1.807, 2.05) is 30.3 Å². The van der Waals surface area contributed by atoms with Gasteiger partial charge < -0.3 is 0 Å². The fourth-order valence-corrected chi connectivity index (χ4v) is 8.57. The highest BCUT2D eigenvalue weighted by molar-refractivity contribution is 8.12. The predicted octanol–water partition coefficient (Wildman–Crippen LogP) is 7.80. The Morgan fingerprint density at radius 3 is 1.97 bits per heavy atom. The van der Waals surface area contributed by atoms with Gasteiger partial charge in [-0.05, 0) is 53.5 Å². The van der Waals surface area contributed by atoms with Gasteiger partial charge in [0, 0.05) is 21.0 Å². The fraction of sp³-hybridized carbons (Fsp3) is 0.269. The molecule has 2 unspecified atom stereocenters. The minimum Gasteiger partial charge on any atom is -0.297 e. The van der Waals surface area contributed by atoms with Crippen LogP contribution in [-0.4, -0.2) is 33.5 Å². The van der Waals surface area contributed by atoms with Crippen LogP contribution in [0.5, 0.6) is 0 Å². The Kier molecular flexibility index (Phi) is 4.39. The summed E-state index contributed by atoms with van der Waals surface area (Å²) in [5.74, 6) is -15.8. The number of thioether (sulfide) groups is 2. The van der Waals surface area contributed by atoms with Gasteiger partial charge >= 0.3 is 17.8 Å². The number of allylic oxidation sites excluding steroid dienone is 5. The molecule has 35 heavy (non-hydrogen) atoms. The molecule has 0 aromatic heterocycles. The van der Waals surface area contributed by atoms with Gasteiger partial charge in [-0.15, -0.1) is 23.5 Å². The first kappa shape index (κ1) is 23.0. The number of carbonyl (C=O) groups is 1. The van der Waals surface area contributed by atoms with Crippen LogP contribution in [0.2, 0.25) is 0 Å². The van der Waals surface area contributed by atoms with Crippen LogP contribution in [0, 0.1) is 0 Å². The van der Waals surface area contributed by atoms with E-state index in [0.29, 0.717) is 16.8 Å². The molecule has 4 aliphatic rings. The first-order chi connectivity index (χ1) is 16.3. The van der Waals surface area contributed by atoms with Gasteiger partial charge in [0.25, 0.3) is 0 Å². The normalized spacial score (nSPS) is 31.8. The second-order valence-corrected chi connectivity index (χ2v) is 12.2. The summed E-state index contributed by atoms with van der Waals surface area (Å²) in [6.45, 7) is 3.16. The summed E-state index contributed by atoms with van der Waals surface area (Å²) >= 11 is 2.13. The van der Waals surface area contributed by atoms with Crippen LogP contribution in [-0.2, 0) is 4.79 Å². The highest BCUT2D eigenvalue weighted by atomic mass is 32.2. The van der Waals surface area contributed by atoms with Crippen molar-refractivity contribution < 1.29 is 31.1 Å². The molecule has 9 heteroatoms. The number of aldehydes is 1. The third-order valence-electron chi connectivity index (χ3n) is 7.51. The topological polar surface area (TPSA) is 17.1 Å². The second-order valence-electron chi connectivity index (χ2n) is 9.27. The maximum Gasteiger partial charge on any atom is 0.380 e. The molecule has 180 valence electrons. The largest absolute Gasteiger partial charge is 0.380 e. The van der Waals surface area contributed by atoms with Gasteiger partial charge in [-0.3, -0.25) is 4.79 Å². The minimum atomic E-state index is -5.61. The van der Waals surface area contributed by atoms with Crippen LogP contribution < -0.4 is 0 Å². The minimum absolute atomic E-state index is 0.0327. The summed E-state index contributed by atoms with van der Waals surface area (Å²) in [4.78, 5) is 12.2. The number of hydrogen-bond donors (Lipinski definition) is 0. The third-order valence-corrected chi connectivity index (χ3v) is 10.7. The van der Waals surface area contributed by atoms with Gasteiger partial charge in [0.15, 0.2) is 6.29 Å². The Morgan fingerprint density at radius 2 is 1.31 bits per heavy atom. The van der Waals surface area contributed by atoms with E-state index in [2.05, 4.69) is 0 Å². The van der Waals surface area contributed by atoms with E-state index in [9.17, 15) is 13.6 Å². The van der Waals surface area contributed by atoms with Crippen LogP contribution >= 0.6 is 23.5 Å². The Balaban J connectivity index is 1.70. The summed E-state index contributed by atoms with van der Waals surface area (Å²) in [5, 5.41) is 1.71. The molecule has 1 nitrogen and oxygen atoms in total. The average Bonchev–Trinajstić information content (AvgIpc) is 3.38. The van der Waals surface area contributed by atoms with Gasteiger partial charge in [0.05, 0.1) is 9.49 Å². The van der Waals surface area contributed by atoms with Crippen molar-refractivity contribution in [2.24, 2.45) is 0 Å². The molecule has 0 bridgehead atoms. The van der Waals surface area contributed by atoms with Crippen molar-refractivity contribution in [3.05, 3.63) is 87.4 Å². The van der Waals surface area contributed by atoms with Crippen molar-refractivity contribution in [1.82, 2.24) is 0 Å². The number of benzene rings is 2. The van der Waals surface area contributed by atoms with Crippen LogP contribution in [0.15, 0.2) is 81.8 Å². The molecule has 0 amide bonds. The molecule has 0 radical (unpaired) electrons. The Morgan fingerprint density at radius 1 is 0.743 bits per heavy atom. The number of hydrogen-bond acceptors (Lipinski definition) is 3. The monoisotopic (exact) mass is 522 g/mol. The maximum atomic E-state index is 15.2. The summed E-state index contributed by atoms with van der Waals surface area (Å²) in [6.07, 6.45) is 2.86. The summed E-state index contributed by atoms with van der Waals surface area (Å²) < 4.78 is 87.4. The smallest absolute Gasteiger partial charge is 0.297 e. The highest BCUT2D eigenvalue weighted by Gasteiger charge is 2.84. The molecule has 6 rings (SSSR count). The first-order valence-electron chi connectivity index (χ1n) is 10.7. The summed E-state index contributed by atoms with van der Waals surface area (Å²) in [6, 6.07) is 12.9. The highest BCUT2D eigenvalue weighted by Crippen LogP contribution is 2.74. The average molecular weight is 523 g/mol. The van der Waals surface area contributed by atoms with Crippen molar-refractivity contribution in [1.29, 1.82) is 0 Å². The zero-order valence-corrected chi connectivity index (χ0v) is 19.9. The number of halogens is 6. The number of alkyl halides is 6. The van der Waals surface area contributed by atoms with Crippen molar-refractivity contribution >= 4 is 45.5 Å². The van der Waals surface area contributed by atoms with Gasteiger partial charge in [-0.1, -0.05) is 42.5 Å². The lowest BCUT2D eigenvalue weighted by atomic mass is 9.71. The Hall–Kier alpha value is -2.39. The van der Waals surface area contributed by atoms with E-state index in [0.717, 1.165) is 28.6 Å². The molecule has 2 aromatic rings.